The Kier molecular flexibility index (Phi) is 5.20. The van der Waals surface area contributed by atoms with Crippen molar-refractivity contribution in [1.82, 2.24) is 9.55 Å². The maximum Gasteiger partial charge on any atom is 0.265 e. The molecule has 0 unspecified atom stereocenters. The molecule has 0 aliphatic heterocycles. The van der Waals surface area contributed by atoms with E-state index >= 15 is 0 Å². The third-order valence-corrected chi connectivity index (χ3v) is 6.13. The highest BCUT2D eigenvalue weighted by Crippen LogP contribution is 2.23. The third-order valence-electron chi connectivity index (χ3n) is 4.75. The van der Waals surface area contributed by atoms with Gasteiger partial charge < -0.3 is 4.74 Å². The van der Waals surface area contributed by atoms with Gasteiger partial charge in [0.15, 0.2) is 11.6 Å². The smallest absolute Gasteiger partial charge is 0.265 e. The number of nitrogens with one attached hydrogen (secondary N) is 1. The second-order valence-electron chi connectivity index (χ2n) is 6.77. The Labute approximate surface area is 177 Å². The normalized spacial score (nSPS) is 11.5. The van der Waals surface area contributed by atoms with Crippen molar-refractivity contribution in [2.24, 2.45) is 0 Å². The van der Waals surface area contributed by atoms with Gasteiger partial charge in [-0.15, -0.1) is 0 Å². The van der Waals surface area contributed by atoms with Crippen molar-refractivity contribution in [2.75, 3.05) is 11.8 Å². The fourth-order valence-electron chi connectivity index (χ4n) is 3.25. The van der Waals surface area contributed by atoms with E-state index in [0.717, 1.165) is 6.07 Å². The molecule has 158 valence electrons. The number of rotatable bonds is 5. The van der Waals surface area contributed by atoms with Gasteiger partial charge in [0.2, 0.25) is 0 Å². The number of aryl methyl sites for hydroxylation is 1. The van der Waals surface area contributed by atoms with Crippen LogP contribution in [0.5, 0.6) is 5.75 Å². The SMILES string of the molecule is COc1ccc(S(=O)(=O)Nc2ccc(-n3c(C)nc4ccccc4c3=O)cc2)cc1F. The first-order valence-corrected chi connectivity index (χ1v) is 10.7. The summed E-state index contributed by atoms with van der Waals surface area (Å²) in [5.74, 6) is -0.321. The van der Waals surface area contributed by atoms with Crippen LogP contribution in [0.15, 0.2) is 76.4 Å². The molecule has 4 rings (SSSR count). The van der Waals surface area contributed by atoms with Gasteiger partial charge in [-0.3, -0.25) is 14.1 Å². The predicted molar refractivity (Wildman–Crippen MR) is 116 cm³/mol. The summed E-state index contributed by atoms with van der Waals surface area (Å²) in [6.07, 6.45) is 0. The summed E-state index contributed by atoms with van der Waals surface area (Å²) >= 11 is 0. The van der Waals surface area contributed by atoms with E-state index in [0.29, 0.717) is 22.4 Å². The molecule has 0 bridgehead atoms. The molecule has 1 aromatic heterocycles. The molecule has 0 aliphatic carbocycles. The van der Waals surface area contributed by atoms with Crippen molar-refractivity contribution in [2.45, 2.75) is 11.8 Å². The van der Waals surface area contributed by atoms with Gasteiger partial charge in [0.05, 0.1) is 28.6 Å². The van der Waals surface area contributed by atoms with E-state index in [9.17, 15) is 17.6 Å². The topological polar surface area (TPSA) is 90.3 Å². The van der Waals surface area contributed by atoms with Crippen molar-refractivity contribution >= 4 is 26.6 Å². The van der Waals surface area contributed by atoms with E-state index in [1.165, 1.54) is 35.9 Å². The molecule has 4 aromatic rings. The summed E-state index contributed by atoms with van der Waals surface area (Å²) in [5, 5.41) is 0.486. The first-order chi connectivity index (χ1) is 14.8. The number of hydrogen-bond acceptors (Lipinski definition) is 5. The Balaban J connectivity index is 1.66. The zero-order valence-corrected chi connectivity index (χ0v) is 17.5. The Hall–Kier alpha value is -3.72. The van der Waals surface area contributed by atoms with Crippen LogP contribution in [-0.2, 0) is 10.0 Å². The van der Waals surface area contributed by atoms with E-state index in [4.69, 9.17) is 4.74 Å². The lowest BCUT2D eigenvalue weighted by Gasteiger charge is -2.13. The molecular formula is C22H18FN3O4S. The van der Waals surface area contributed by atoms with E-state index in [1.54, 1.807) is 37.3 Å². The van der Waals surface area contributed by atoms with Gasteiger partial charge in [-0.25, -0.2) is 17.8 Å². The van der Waals surface area contributed by atoms with Gasteiger partial charge in [0.1, 0.15) is 5.82 Å². The molecule has 0 aliphatic rings. The van der Waals surface area contributed by atoms with Gasteiger partial charge in [-0.2, -0.15) is 0 Å². The summed E-state index contributed by atoms with van der Waals surface area (Å²) in [6, 6.07) is 16.7. The molecule has 7 nitrogen and oxygen atoms in total. The number of halogens is 1. The monoisotopic (exact) mass is 439 g/mol. The zero-order chi connectivity index (χ0) is 22.2. The van der Waals surface area contributed by atoms with Gasteiger partial charge >= 0.3 is 0 Å². The average molecular weight is 439 g/mol. The second-order valence-corrected chi connectivity index (χ2v) is 8.45. The van der Waals surface area contributed by atoms with Crippen LogP contribution in [0.2, 0.25) is 0 Å². The van der Waals surface area contributed by atoms with E-state index < -0.39 is 15.8 Å². The molecule has 31 heavy (non-hydrogen) atoms. The average Bonchev–Trinajstić information content (AvgIpc) is 2.74. The highest BCUT2D eigenvalue weighted by atomic mass is 32.2. The highest BCUT2D eigenvalue weighted by Gasteiger charge is 2.17. The van der Waals surface area contributed by atoms with Crippen LogP contribution in [0.3, 0.4) is 0 Å². The minimum absolute atomic E-state index is 0.0480. The summed E-state index contributed by atoms with van der Waals surface area (Å²) in [6.45, 7) is 1.72. The second kappa shape index (κ2) is 7.84. The molecular weight excluding hydrogens is 421 g/mol. The lowest BCUT2D eigenvalue weighted by molar-refractivity contribution is 0.385. The third kappa shape index (κ3) is 3.87. The van der Waals surface area contributed by atoms with Crippen LogP contribution in [-0.4, -0.2) is 25.1 Å². The molecule has 0 saturated heterocycles. The van der Waals surface area contributed by atoms with Crippen molar-refractivity contribution < 1.29 is 17.5 Å². The predicted octanol–water partition coefficient (Wildman–Crippen LogP) is 3.64. The first kappa shape index (κ1) is 20.5. The number of aromatic nitrogens is 2. The number of sulfonamides is 1. The Morgan fingerprint density at radius 3 is 2.42 bits per heavy atom. The fourth-order valence-corrected chi connectivity index (χ4v) is 4.32. The number of para-hydroxylation sites is 1. The maximum absolute atomic E-state index is 13.9. The van der Waals surface area contributed by atoms with Crippen LogP contribution in [0, 0.1) is 12.7 Å². The largest absolute Gasteiger partial charge is 0.494 e. The van der Waals surface area contributed by atoms with Gasteiger partial charge in [0, 0.05) is 5.69 Å². The number of methoxy groups -OCH3 is 1. The van der Waals surface area contributed by atoms with Crippen molar-refractivity contribution in [3.05, 3.63) is 88.7 Å². The molecule has 0 radical (unpaired) electrons. The fraction of sp³-hybridized carbons (Fsp3) is 0.0909. The van der Waals surface area contributed by atoms with Crippen LogP contribution in [0.25, 0.3) is 16.6 Å². The Morgan fingerprint density at radius 1 is 1.03 bits per heavy atom. The maximum atomic E-state index is 13.9. The lowest BCUT2D eigenvalue weighted by atomic mass is 10.2. The lowest BCUT2D eigenvalue weighted by Crippen LogP contribution is -2.22. The standard InChI is InChI=1S/C22H18FN3O4S/c1-14-24-20-6-4-3-5-18(20)22(27)26(14)16-9-7-15(8-10-16)25-31(28,29)17-11-12-21(30-2)19(23)13-17/h3-13,25H,1-2H3. The highest BCUT2D eigenvalue weighted by molar-refractivity contribution is 7.92. The van der Waals surface area contributed by atoms with Crippen molar-refractivity contribution in [3.63, 3.8) is 0 Å². The summed E-state index contributed by atoms with van der Waals surface area (Å²) < 4.78 is 47.7. The zero-order valence-electron chi connectivity index (χ0n) is 16.7. The molecule has 0 fully saturated rings. The van der Waals surface area contributed by atoms with Gasteiger partial charge in [-0.05, 0) is 61.5 Å². The molecule has 1 N–H and O–H groups in total. The molecule has 0 amide bonds. The number of anilines is 1. The minimum Gasteiger partial charge on any atom is -0.494 e. The van der Waals surface area contributed by atoms with E-state index in [-0.39, 0.29) is 21.9 Å². The van der Waals surface area contributed by atoms with Crippen molar-refractivity contribution in [3.8, 4) is 11.4 Å². The Bertz CT molecular complexity index is 1450. The van der Waals surface area contributed by atoms with Crippen molar-refractivity contribution in [1.29, 1.82) is 0 Å². The molecule has 0 atom stereocenters. The number of fused-ring (bicyclic) bond motifs is 1. The number of ether oxygens (including phenoxy) is 1. The van der Waals surface area contributed by atoms with Crippen LogP contribution >= 0.6 is 0 Å². The number of hydrogen-bond donors (Lipinski definition) is 1. The molecule has 9 heteroatoms. The van der Waals surface area contributed by atoms with Crippen LogP contribution in [0.4, 0.5) is 10.1 Å². The Morgan fingerprint density at radius 2 is 1.74 bits per heavy atom. The number of nitrogens with zero attached hydrogens (tertiary/aromatic N) is 2. The van der Waals surface area contributed by atoms with E-state index in [1.807, 2.05) is 6.07 Å². The van der Waals surface area contributed by atoms with Crippen LogP contribution < -0.4 is 15.0 Å². The summed E-state index contributed by atoms with van der Waals surface area (Å²) in [5.41, 5.74) is 1.20. The summed E-state index contributed by atoms with van der Waals surface area (Å²) in [7, 11) is -2.71. The molecule has 1 heterocycles. The first-order valence-electron chi connectivity index (χ1n) is 9.25. The minimum atomic E-state index is -4.01. The quantitative estimate of drug-likeness (QED) is 0.513. The number of benzene rings is 3. The van der Waals surface area contributed by atoms with Gasteiger partial charge in [0.25, 0.3) is 15.6 Å². The molecule has 0 spiro atoms. The molecule has 3 aromatic carbocycles. The van der Waals surface area contributed by atoms with Gasteiger partial charge in [-0.1, -0.05) is 12.1 Å². The molecule has 0 saturated carbocycles. The van der Waals surface area contributed by atoms with E-state index in [2.05, 4.69) is 9.71 Å². The van der Waals surface area contributed by atoms with Crippen LogP contribution in [0.1, 0.15) is 5.82 Å². The summed E-state index contributed by atoms with van der Waals surface area (Å²) in [4.78, 5) is 17.1.